The third-order valence-corrected chi connectivity index (χ3v) is 8.28. The first-order chi connectivity index (χ1) is 16.1. The molecule has 2 aliphatic rings. The number of amides is 1. The fourth-order valence-electron chi connectivity index (χ4n) is 4.39. The molecule has 0 bridgehead atoms. The quantitative estimate of drug-likeness (QED) is 0.650. The molecular formula is C23H27F3N4O3S. The molecule has 34 heavy (non-hydrogen) atoms. The summed E-state index contributed by atoms with van der Waals surface area (Å²) in [4.78, 5) is 20.9. The van der Waals surface area contributed by atoms with E-state index in [-0.39, 0.29) is 10.8 Å². The maximum atomic E-state index is 13.4. The Balaban J connectivity index is 1.43. The van der Waals surface area contributed by atoms with Gasteiger partial charge in [-0.1, -0.05) is 24.1 Å². The first-order valence-corrected chi connectivity index (χ1v) is 12.7. The first-order valence-electron chi connectivity index (χ1n) is 11.2. The zero-order chi connectivity index (χ0) is 24.5. The normalized spacial score (nSPS) is 20.4. The molecule has 11 heteroatoms. The third-order valence-electron chi connectivity index (χ3n) is 6.36. The summed E-state index contributed by atoms with van der Waals surface area (Å²) in [6, 6.07) is 8.18. The second kappa shape index (κ2) is 9.53. The van der Waals surface area contributed by atoms with E-state index < -0.39 is 27.8 Å². The van der Waals surface area contributed by atoms with Gasteiger partial charge < -0.3 is 9.80 Å². The van der Waals surface area contributed by atoms with Crippen molar-refractivity contribution in [2.75, 3.05) is 37.6 Å². The minimum atomic E-state index is -4.44. The summed E-state index contributed by atoms with van der Waals surface area (Å²) in [6.45, 7) is 3.67. The Hall–Kier alpha value is -2.66. The van der Waals surface area contributed by atoms with E-state index in [9.17, 15) is 26.4 Å². The first kappa shape index (κ1) is 24.5. The SMILES string of the molecule is Cc1ccc(S(=O)(=O)N2CCCC[C@@H]2C(=O)N2CCN(c3ccc(C(F)(F)F)cn3)CC2)cc1. The molecule has 0 spiro atoms. The number of alkyl halides is 3. The number of aryl methyl sites for hydroxylation is 1. The van der Waals surface area contributed by atoms with Crippen LogP contribution in [0.5, 0.6) is 0 Å². The summed E-state index contributed by atoms with van der Waals surface area (Å²) < 4.78 is 66.2. The van der Waals surface area contributed by atoms with Gasteiger partial charge in [0.25, 0.3) is 0 Å². The van der Waals surface area contributed by atoms with Gasteiger partial charge in [0.1, 0.15) is 11.9 Å². The van der Waals surface area contributed by atoms with Crippen LogP contribution in [0.25, 0.3) is 0 Å². The second-order valence-corrected chi connectivity index (χ2v) is 10.5. The predicted octanol–water partition coefficient (Wildman–Crippen LogP) is 3.30. The standard InChI is InChI=1S/C23H27F3N4O3S/c1-17-5-8-19(9-6-17)34(32,33)30-11-3-2-4-20(30)22(31)29-14-12-28(13-15-29)21-10-7-18(16-27-21)23(24,25)26/h5-10,16,20H,2-4,11-15H2,1H3/t20-/m1/s1. The number of pyridine rings is 1. The van der Waals surface area contributed by atoms with Crippen molar-refractivity contribution in [2.45, 2.75) is 43.3 Å². The van der Waals surface area contributed by atoms with E-state index in [1.54, 1.807) is 29.2 Å². The van der Waals surface area contributed by atoms with Crippen molar-refractivity contribution in [3.63, 3.8) is 0 Å². The maximum absolute atomic E-state index is 13.4. The Morgan fingerprint density at radius 2 is 1.65 bits per heavy atom. The van der Waals surface area contributed by atoms with Gasteiger partial charge in [0.05, 0.1) is 10.5 Å². The number of rotatable bonds is 4. The lowest BCUT2D eigenvalue weighted by molar-refractivity contribution is -0.138. The number of hydrogen-bond acceptors (Lipinski definition) is 5. The molecule has 0 radical (unpaired) electrons. The lowest BCUT2D eigenvalue weighted by atomic mass is 10.0. The molecule has 4 rings (SSSR count). The largest absolute Gasteiger partial charge is 0.417 e. The molecule has 1 amide bonds. The number of hydrogen-bond donors (Lipinski definition) is 0. The molecule has 3 heterocycles. The van der Waals surface area contributed by atoms with Crippen LogP contribution >= 0.6 is 0 Å². The highest BCUT2D eigenvalue weighted by molar-refractivity contribution is 7.89. The molecular weight excluding hydrogens is 469 g/mol. The smallest absolute Gasteiger partial charge is 0.353 e. The van der Waals surface area contributed by atoms with Gasteiger partial charge >= 0.3 is 6.18 Å². The number of nitrogens with zero attached hydrogens (tertiary/aromatic N) is 4. The lowest BCUT2D eigenvalue weighted by Gasteiger charge is -2.40. The minimum Gasteiger partial charge on any atom is -0.353 e. The van der Waals surface area contributed by atoms with E-state index in [1.807, 2.05) is 11.8 Å². The van der Waals surface area contributed by atoms with Crippen LogP contribution in [0.4, 0.5) is 19.0 Å². The van der Waals surface area contributed by atoms with Crippen LogP contribution in [0.2, 0.25) is 0 Å². The topological polar surface area (TPSA) is 73.8 Å². The van der Waals surface area contributed by atoms with Crippen molar-refractivity contribution in [3.8, 4) is 0 Å². The van der Waals surface area contributed by atoms with E-state index in [1.165, 1.54) is 10.4 Å². The maximum Gasteiger partial charge on any atom is 0.417 e. The minimum absolute atomic E-state index is 0.177. The lowest BCUT2D eigenvalue weighted by Crippen LogP contribution is -2.57. The van der Waals surface area contributed by atoms with Crippen molar-refractivity contribution in [1.29, 1.82) is 0 Å². The van der Waals surface area contributed by atoms with E-state index in [0.29, 0.717) is 51.4 Å². The van der Waals surface area contributed by atoms with Gasteiger partial charge in [-0.2, -0.15) is 17.5 Å². The molecule has 2 aliphatic heterocycles. The molecule has 7 nitrogen and oxygen atoms in total. The summed E-state index contributed by atoms with van der Waals surface area (Å²) >= 11 is 0. The van der Waals surface area contributed by atoms with Gasteiger partial charge in [-0.25, -0.2) is 13.4 Å². The van der Waals surface area contributed by atoms with E-state index >= 15 is 0 Å². The van der Waals surface area contributed by atoms with Crippen LogP contribution in [-0.4, -0.2) is 67.3 Å². The zero-order valence-corrected chi connectivity index (χ0v) is 19.6. The van der Waals surface area contributed by atoms with Gasteiger partial charge in [0, 0.05) is 38.9 Å². The highest BCUT2D eigenvalue weighted by Gasteiger charge is 2.40. The number of anilines is 1. The molecule has 1 atom stereocenters. The van der Waals surface area contributed by atoms with Gasteiger partial charge in [-0.05, 0) is 44.0 Å². The second-order valence-electron chi connectivity index (χ2n) is 8.66. The molecule has 2 saturated heterocycles. The number of piperazine rings is 1. The summed E-state index contributed by atoms with van der Waals surface area (Å²) in [7, 11) is -3.81. The molecule has 2 aromatic rings. The van der Waals surface area contributed by atoms with Gasteiger partial charge in [-0.3, -0.25) is 4.79 Å². The highest BCUT2D eigenvalue weighted by atomic mass is 32.2. The fraction of sp³-hybridized carbons (Fsp3) is 0.478. The zero-order valence-electron chi connectivity index (χ0n) is 18.8. The van der Waals surface area contributed by atoms with Gasteiger partial charge in [0.2, 0.25) is 15.9 Å². The average molecular weight is 497 g/mol. The Morgan fingerprint density at radius 1 is 0.971 bits per heavy atom. The van der Waals surface area contributed by atoms with Crippen LogP contribution in [0.3, 0.4) is 0 Å². The number of carbonyl (C=O) groups excluding carboxylic acids is 1. The molecule has 2 fully saturated rings. The van der Waals surface area contributed by atoms with Crippen molar-refractivity contribution in [3.05, 3.63) is 53.7 Å². The van der Waals surface area contributed by atoms with Crippen molar-refractivity contribution in [1.82, 2.24) is 14.2 Å². The monoisotopic (exact) mass is 496 g/mol. The summed E-state index contributed by atoms with van der Waals surface area (Å²) in [5, 5.41) is 0. The Kier molecular flexibility index (Phi) is 6.86. The summed E-state index contributed by atoms with van der Waals surface area (Å²) in [5.74, 6) is 0.191. The molecule has 0 unspecified atom stereocenters. The number of benzene rings is 1. The number of halogens is 3. The molecule has 0 saturated carbocycles. The average Bonchev–Trinajstić information content (AvgIpc) is 2.83. The van der Waals surface area contributed by atoms with Gasteiger partial charge in [0.15, 0.2) is 0 Å². The Labute approximate surface area is 197 Å². The number of sulfonamides is 1. The van der Waals surface area contributed by atoms with Crippen LogP contribution in [-0.2, 0) is 21.0 Å². The molecule has 1 aromatic carbocycles. The Morgan fingerprint density at radius 3 is 2.24 bits per heavy atom. The number of aromatic nitrogens is 1. The molecule has 184 valence electrons. The molecule has 1 aromatic heterocycles. The summed E-state index contributed by atoms with van der Waals surface area (Å²) in [5.41, 5.74) is 0.142. The van der Waals surface area contributed by atoms with Crippen molar-refractivity contribution >= 4 is 21.7 Å². The fourth-order valence-corrected chi connectivity index (χ4v) is 6.04. The predicted molar refractivity (Wildman–Crippen MR) is 121 cm³/mol. The third kappa shape index (κ3) is 5.05. The number of piperidine rings is 1. The van der Waals surface area contributed by atoms with Crippen LogP contribution in [0, 0.1) is 6.92 Å². The van der Waals surface area contributed by atoms with Crippen molar-refractivity contribution in [2.24, 2.45) is 0 Å². The number of carbonyl (C=O) groups is 1. The van der Waals surface area contributed by atoms with E-state index in [2.05, 4.69) is 4.98 Å². The van der Waals surface area contributed by atoms with Crippen LogP contribution < -0.4 is 4.90 Å². The van der Waals surface area contributed by atoms with Crippen molar-refractivity contribution < 1.29 is 26.4 Å². The Bertz CT molecular complexity index is 1110. The van der Waals surface area contributed by atoms with E-state index in [0.717, 1.165) is 24.2 Å². The van der Waals surface area contributed by atoms with Crippen LogP contribution in [0.1, 0.15) is 30.4 Å². The van der Waals surface area contributed by atoms with Gasteiger partial charge in [-0.15, -0.1) is 0 Å². The highest BCUT2D eigenvalue weighted by Crippen LogP contribution is 2.30. The summed E-state index contributed by atoms with van der Waals surface area (Å²) in [6.07, 6.45) is -1.71. The van der Waals surface area contributed by atoms with E-state index in [4.69, 9.17) is 0 Å². The molecule has 0 aliphatic carbocycles. The molecule has 0 N–H and O–H groups in total. The van der Waals surface area contributed by atoms with Crippen LogP contribution in [0.15, 0.2) is 47.5 Å².